The Morgan fingerprint density at radius 2 is 1.52 bits per heavy atom. The highest BCUT2D eigenvalue weighted by Gasteiger charge is 1.99. The second-order valence-corrected chi connectivity index (χ2v) is 5.63. The van der Waals surface area contributed by atoms with E-state index < -0.39 is 0 Å². The van der Waals surface area contributed by atoms with Crippen molar-refractivity contribution in [3.05, 3.63) is 71.8 Å². The zero-order valence-electron chi connectivity index (χ0n) is 12.2. The van der Waals surface area contributed by atoms with Crippen LogP contribution in [0.3, 0.4) is 0 Å². The first kappa shape index (κ1) is 17.8. The van der Waals surface area contributed by atoms with Gasteiger partial charge in [-0.05, 0) is 16.9 Å². The fraction of sp³-hybridized carbons (Fsp3) is 0.235. The molecular weight excluding hydrogens is 344 g/mol. The molecule has 0 atom stereocenters. The largest absolute Gasteiger partial charge is 0.361 e. The Morgan fingerprint density at radius 1 is 0.952 bits per heavy atom. The second-order valence-electron chi connectivity index (χ2n) is 4.38. The van der Waals surface area contributed by atoms with E-state index in [-0.39, 0.29) is 17.0 Å². The summed E-state index contributed by atoms with van der Waals surface area (Å²) < 4.78 is 0. The molecule has 2 rings (SSSR count). The molecule has 2 aromatic rings. The van der Waals surface area contributed by atoms with Gasteiger partial charge in [-0.25, -0.2) is 0 Å². The number of hydrogen-bond acceptors (Lipinski definition) is 2. The summed E-state index contributed by atoms with van der Waals surface area (Å²) in [6.45, 7) is 3.69. The molecule has 112 valence electrons. The third-order valence-corrected chi connectivity index (χ3v) is 3.65. The van der Waals surface area contributed by atoms with Crippen molar-refractivity contribution in [2.45, 2.75) is 20.0 Å². The quantitative estimate of drug-likeness (QED) is 0.615. The van der Waals surface area contributed by atoms with Gasteiger partial charge in [0.05, 0.1) is 6.54 Å². The molecular formula is C17H21BrN2S. The lowest BCUT2D eigenvalue weighted by Crippen LogP contribution is -2.20. The van der Waals surface area contributed by atoms with Gasteiger partial charge in [0.2, 0.25) is 0 Å². The highest BCUT2D eigenvalue weighted by molar-refractivity contribution is 8.93. The van der Waals surface area contributed by atoms with E-state index in [0.29, 0.717) is 0 Å². The van der Waals surface area contributed by atoms with Crippen molar-refractivity contribution >= 4 is 33.9 Å². The molecule has 0 fully saturated rings. The maximum atomic E-state index is 4.67. The summed E-state index contributed by atoms with van der Waals surface area (Å²) in [7, 11) is 0. The summed E-state index contributed by atoms with van der Waals surface area (Å²) in [4.78, 5) is 4.67. The van der Waals surface area contributed by atoms with Crippen molar-refractivity contribution in [3.8, 4) is 0 Å². The van der Waals surface area contributed by atoms with Gasteiger partial charge in [0, 0.05) is 6.54 Å². The van der Waals surface area contributed by atoms with Crippen molar-refractivity contribution in [2.24, 2.45) is 4.99 Å². The van der Waals surface area contributed by atoms with Crippen LogP contribution in [0.5, 0.6) is 0 Å². The van der Waals surface area contributed by atoms with Gasteiger partial charge in [0.15, 0.2) is 5.17 Å². The molecule has 0 saturated carbocycles. The van der Waals surface area contributed by atoms with Crippen LogP contribution in [0.1, 0.15) is 18.1 Å². The van der Waals surface area contributed by atoms with Crippen molar-refractivity contribution < 1.29 is 0 Å². The molecule has 0 aromatic heterocycles. The summed E-state index contributed by atoms with van der Waals surface area (Å²) >= 11 is 1.75. The first-order valence-corrected chi connectivity index (χ1v) is 7.86. The van der Waals surface area contributed by atoms with E-state index in [0.717, 1.165) is 24.0 Å². The van der Waals surface area contributed by atoms with Gasteiger partial charge in [-0.1, -0.05) is 79.3 Å². The van der Waals surface area contributed by atoms with E-state index in [1.54, 1.807) is 11.8 Å². The first-order valence-electron chi connectivity index (χ1n) is 6.87. The molecule has 0 saturated heterocycles. The molecule has 2 aromatic carbocycles. The number of rotatable bonds is 5. The summed E-state index contributed by atoms with van der Waals surface area (Å²) in [6.07, 6.45) is 0. The lowest BCUT2D eigenvalue weighted by atomic mass is 10.2. The number of aliphatic imine (C=N–C) groups is 1. The van der Waals surface area contributed by atoms with Crippen LogP contribution in [0.15, 0.2) is 65.7 Å². The van der Waals surface area contributed by atoms with Gasteiger partial charge < -0.3 is 5.32 Å². The highest BCUT2D eigenvalue weighted by Crippen LogP contribution is 2.07. The number of nitrogens with one attached hydrogen (secondary N) is 1. The monoisotopic (exact) mass is 364 g/mol. The Balaban J connectivity index is 0.00000220. The maximum Gasteiger partial charge on any atom is 0.157 e. The third kappa shape index (κ3) is 6.82. The normalized spacial score (nSPS) is 10.8. The van der Waals surface area contributed by atoms with E-state index >= 15 is 0 Å². The molecule has 0 spiro atoms. The molecule has 4 heteroatoms. The predicted molar refractivity (Wildman–Crippen MR) is 99.3 cm³/mol. The fourth-order valence-corrected chi connectivity index (χ4v) is 2.41. The lowest BCUT2D eigenvalue weighted by Gasteiger charge is -2.09. The highest BCUT2D eigenvalue weighted by atomic mass is 79.9. The van der Waals surface area contributed by atoms with Crippen LogP contribution >= 0.6 is 28.7 Å². The minimum atomic E-state index is 0. The zero-order valence-corrected chi connectivity index (χ0v) is 14.7. The molecule has 21 heavy (non-hydrogen) atoms. The molecule has 1 N–H and O–H groups in total. The number of benzene rings is 2. The Labute approximate surface area is 141 Å². The van der Waals surface area contributed by atoms with Crippen molar-refractivity contribution in [2.75, 3.05) is 5.75 Å². The summed E-state index contributed by atoms with van der Waals surface area (Å²) in [5.41, 5.74) is 2.51. The smallest absolute Gasteiger partial charge is 0.157 e. The summed E-state index contributed by atoms with van der Waals surface area (Å²) in [5, 5.41) is 4.43. The molecule has 0 aliphatic carbocycles. The minimum absolute atomic E-state index is 0. The molecule has 0 aliphatic rings. The predicted octanol–water partition coefficient (Wildman–Crippen LogP) is 4.66. The lowest BCUT2D eigenvalue weighted by molar-refractivity contribution is 0.911. The minimum Gasteiger partial charge on any atom is -0.361 e. The van der Waals surface area contributed by atoms with Crippen molar-refractivity contribution in [1.29, 1.82) is 0 Å². The van der Waals surface area contributed by atoms with E-state index in [1.165, 1.54) is 11.1 Å². The van der Waals surface area contributed by atoms with Crippen LogP contribution in [0, 0.1) is 0 Å². The summed E-state index contributed by atoms with van der Waals surface area (Å²) in [6, 6.07) is 20.7. The first-order chi connectivity index (χ1) is 9.88. The Morgan fingerprint density at radius 3 is 2.10 bits per heavy atom. The number of halogens is 1. The number of hydrogen-bond donors (Lipinski definition) is 1. The Bertz CT molecular complexity index is 529. The molecule has 0 amide bonds. The van der Waals surface area contributed by atoms with E-state index in [4.69, 9.17) is 0 Å². The van der Waals surface area contributed by atoms with Gasteiger partial charge in [-0.2, -0.15) is 0 Å². The molecule has 0 bridgehead atoms. The maximum absolute atomic E-state index is 4.67. The fourth-order valence-electron chi connectivity index (χ4n) is 1.81. The second kappa shape index (κ2) is 10.5. The van der Waals surface area contributed by atoms with Crippen LogP contribution in [-0.4, -0.2) is 10.9 Å². The number of amidine groups is 1. The SMILES string of the molecule is Br.CCSC(=NCc1ccccc1)NCc1ccccc1. The summed E-state index contributed by atoms with van der Waals surface area (Å²) in [5.74, 6) is 1.02. The zero-order chi connectivity index (χ0) is 14.0. The van der Waals surface area contributed by atoms with Gasteiger partial charge in [0.1, 0.15) is 0 Å². The average molecular weight is 365 g/mol. The molecule has 0 radical (unpaired) electrons. The standard InChI is InChI=1S/C17H20N2S.BrH/c1-2-20-17(18-13-15-9-5-3-6-10-15)19-14-16-11-7-4-8-12-16;/h3-12H,2,13-14H2,1H3,(H,18,19);1H. The van der Waals surface area contributed by atoms with E-state index in [2.05, 4.69) is 65.8 Å². The van der Waals surface area contributed by atoms with Crippen molar-refractivity contribution in [3.63, 3.8) is 0 Å². The van der Waals surface area contributed by atoms with Crippen LogP contribution in [-0.2, 0) is 13.1 Å². The number of nitrogens with zero attached hydrogens (tertiary/aromatic N) is 1. The molecule has 0 aliphatic heterocycles. The molecule has 0 unspecified atom stereocenters. The van der Waals surface area contributed by atoms with E-state index in [1.807, 2.05) is 12.1 Å². The Hall–Kier alpha value is -1.26. The van der Waals surface area contributed by atoms with E-state index in [9.17, 15) is 0 Å². The van der Waals surface area contributed by atoms with Crippen molar-refractivity contribution in [1.82, 2.24) is 5.32 Å². The van der Waals surface area contributed by atoms with Gasteiger partial charge in [-0.3, -0.25) is 4.99 Å². The van der Waals surface area contributed by atoms with Gasteiger partial charge >= 0.3 is 0 Å². The van der Waals surface area contributed by atoms with Gasteiger partial charge in [0.25, 0.3) is 0 Å². The molecule has 0 heterocycles. The Kier molecular flexibility index (Phi) is 8.87. The van der Waals surface area contributed by atoms with Crippen LogP contribution < -0.4 is 5.32 Å². The topological polar surface area (TPSA) is 24.4 Å². The van der Waals surface area contributed by atoms with Gasteiger partial charge in [-0.15, -0.1) is 17.0 Å². The molecule has 2 nitrogen and oxygen atoms in total. The van der Waals surface area contributed by atoms with Crippen LogP contribution in [0.4, 0.5) is 0 Å². The number of thioether (sulfide) groups is 1. The van der Waals surface area contributed by atoms with Crippen LogP contribution in [0.2, 0.25) is 0 Å². The average Bonchev–Trinajstić information content (AvgIpc) is 2.52. The van der Waals surface area contributed by atoms with Crippen LogP contribution in [0.25, 0.3) is 0 Å². The third-order valence-electron chi connectivity index (χ3n) is 2.82.